The number of rotatable bonds is 4. The van der Waals surface area contributed by atoms with Gasteiger partial charge >= 0.3 is 11.9 Å². The zero-order chi connectivity index (χ0) is 14.8. The van der Waals surface area contributed by atoms with Gasteiger partial charge in [-0.1, -0.05) is 0 Å². The van der Waals surface area contributed by atoms with Crippen LogP contribution in [0.25, 0.3) is 0 Å². The lowest BCUT2D eigenvalue weighted by Crippen LogP contribution is -2.41. The van der Waals surface area contributed by atoms with Crippen LogP contribution in [-0.4, -0.2) is 23.6 Å². The molecule has 0 spiro atoms. The second kappa shape index (κ2) is 7.14. The van der Waals surface area contributed by atoms with Gasteiger partial charge in [0, 0.05) is 5.56 Å². The van der Waals surface area contributed by atoms with Crippen molar-refractivity contribution < 1.29 is 27.8 Å². The lowest BCUT2D eigenvalue weighted by Gasteiger charge is -2.22. The first kappa shape index (κ1) is 19.0. The van der Waals surface area contributed by atoms with Crippen molar-refractivity contribution in [3.63, 3.8) is 0 Å². The van der Waals surface area contributed by atoms with E-state index >= 15 is 0 Å². The summed E-state index contributed by atoms with van der Waals surface area (Å²) < 4.78 is 44.6. The molecule has 0 bridgehead atoms. The highest BCUT2D eigenvalue weighted by molar-refractivity contribution is 9.10. The average Bonchev–Trinajstić information content (AvgIpc) is 2.33. The molecule has 0 aliphatic carbocycles. The third kappa shape index (κ3) is 3.77. The maximum absolute atomic E-state index is 13.7. The maximum atomic E-state index is 13.7. The summed E-state index contributed by atoms with van der Waals surface area (Å²) in [5.74, 6) is -7.45. The van der Waals surface area contributed by atoms with Crippen molar-refractivity contribution >= 4 is 34.3 Å². The standard InChI is InChI=1S/C11H11BrF3NO3.ClH/c1-2-19-10(18)11(14,15)9(16)6-3-5(13)4-7(12)8(6)17;/h3-4,9,17H,2,16H2,1H3;1H/t9-;/m1./s1. The van der Waals surface area contributed by atoms with Crippen molar-refractivity contribution in [2.45, 2.75) is 18.9 Å². The number of hydrogen-bond acceptors (Lipinski definition) is 4. The van der Waals surface area contributed by atoms with E-state index in [1.165, 1.54) is 6.92 Å². The zero-order valence-electron chi connectivity index (χ0n) is 10.2. The van der Waals surface area contributed by atoms with Crippen LogP contribution in [0.4, 0.5) is 13.2 Å². The molecule has 114 valence electrons. The molecular weight excluding hydrogens is 366 g/mol. The monoisotopic (exact) mass is 377 g/mol. The highest BCUT2D eigenvalue weighted by Gasteiger charge is 2.48. The molecule has 0 radical (unpaired) electrons. The van der Waals surface area contributed by atoms with Crippen molar-refractivity contribution in [2.75, 3.05) is 6.61 Å². The molecule has 3 N–H and O–H groups in total. The van der Waals surface area contributed by atoms with E-state index < -0.39 is 35.1 Å². The zero-order valence-corrected chi connectivity index (χ0v) is 12.6. The van der Waals surface area contributed by atoms with Crippen molar-refractivity contribution in [1.29, 1.82) is 0 Å². The third-order valence-corrected chi connectivity index (χ3v) is 2.94. The Labute approximate surface area is 127 Å². The Morgan fingerprint density at radius 2 is 2.10 bits per heavy atom. The molecule has 0 saturated heterocycles. The molecule has 0 aromatic heterocycles. The molecule has 0 fully saturated rings. The molecule has 1 aromatic carbocycles. The molecule has 1 aromatic rings. The van der Waals surface area contributed by atoms with Gasteiger partial charge in [-0.2, -0.15) is 8.78 Å². The van der Waals surface area contributed by atoms with E-state index in [-0.39, 0.29) is 23.5 Å². The Morgan fingerprint density at radius 3 is 2.60 bits per heavy atom. The van der Waals surface area contributed by atoms with E-state index in [1.54, 1.807) is 0 Å². The minimum absolute atomic E-state index is 0. The molecule has 1 atom stereocenters. The number of hydrogen-bond donors (Lipinski definition) is 2. The highest BCUT2D eigenvalue weighted by Crippen LogP contribution is 2.38. The summed E-state index contributed by atoms with van der Waals surface area (Å²) in [6, 6.07) is -0.704. The number of esters is 1. The van der Waals surface area contributed by atoms with E-state index in [9.17, 15) is 23.1 Å². The van der Waals surface area contributed by atoms with Crippen LogP contribution in [0.5, 0.6) is 5.75 Å². The average molecular weight is 379 g/mol. The molecule has 9 heteroatoms. The first-order valence-corrected chi connectivity index (χ1v) is 5.99. The predicted octanol–water partition coefficient (Wildman–Crippen LogP) is 2.91. The predicted molar refractivity (Wildman–Crippen MR) is 71.5 cm³/mol. The first-order valence-electron chi connectivity index (χ1n) is 5.20. The van der Waals surface area contributed by atoms with E-state index in [1.807, 2.05) is 0 Å². The first-order chi connectivity index (χ1) is 8.71. The second-order valence-electron chi connectivity index (χ2n) is 3.65. The van der Waals surface area contributed by atoms with Crippen LogP contribution >= 0.6 is 28.3 Å². The fourth-order valence-corrected chi connectivity index (χ4v) is 1.82. The Balaban J connectivity index is 0.00000361. The smallest absolute Gasteiger partial charge is 0.379 e. The van der Waals surface area contributed by atoms with Gasteiger partial charge in [0.1, 0.15) is 17.6 Å². The number of aromatic hydroxyl groups is 1. The summed E-state index contributed by atoms with van der Waals surface area (Å²) in [6.07, 6.45) is 0. The topological polar surface area (TPSA) is 72.5 Å². The number of carbonyl (C=O) groups is 1. The summed E-state index contributed by atoms with van der Waals surface area (Å²) in [4.78, 5) is 11.1. The molecule has 20 heavy (non-hydrogen) atoms. The molecule has 0 saturated carbocycles. The summed E-state index contributed by atoms with van der Waals surface area (Å²) in [5.41, 5.74) is 4.65. The molecular formula is C11H12BrClF3NO3. The van der Waals surface area contributed by atoms with Gasteiger partial charge in [0.15, 0.2) is 0 Å². The fourth-order valence-electron chi connectivity index (χ4n) is 1.37. The minimum Gasteiger partial charge on any atom is -0.506 e. The number of halogens is 5. The fraction of sp³-hybridized carbons (Fsp3) is 0.364. The second-order valence-corrected chi connectivity index (χ2v) is 4.50. The van der Waals surface area contributed by atoms with E-state index in [0.717, 1.165) is 6.07 Å². The molecule has 4 nitrogen and oxygen atoms in total. The lowest BCUT2D eigenvalue weighted by molar-refractivity contribution is -0.174. The van der Waals surface area contributed by atoms with Crippen LogP contribution in [0.3, 0.4) is 0 Å². The van der Waals surface area contributed by atoms with Crippen LogP contribution in [-0.2, 0) is 9.53 Å². The Bertz CT molecular complexity index is 502. The summed E-state index contributed by atoms with van der Waals surface area (Å²) in [7, 11) is 0. The lowest BCUT2D eigenvalue weighted by atomic mass is 10.0. The Hall–Kier alpha value is -0.990. The van der Waals surface area contributed by atoms with Crippen LogP contribution in [0.2, 0.25) is 0 Å². The van der Waals surface area contributed by atoms with Gasteiger partial charge in [-0.3, -0.25) is 0 Å². The number of ether oxygens (including phenoxy) is 1. The summed E-state index contributed by atoms with van der Waals surface area (Å²) >= 11 is 2.79. The van der Waals surface area contributed by atoms with Crippen molar-refractivity contribution in [2.24, 2.45) is 5.73 Å². The van der Waals surface area contributed by atoms with E-state index in [0.29, 0.717) is 6.07 Å². The van der Waals surface area contributed by atoms with Crippen LogP contribution < -0.4 is 5.73 Å². The van der Waals surface area contributed by atoms with Gasteiger partial charge in [-0.15, -0.1) is 12.4 Å². The van der Waals surface area contributed by atoms with Crippen molar-refractivity contribution in [3.8, 4) is 5.75 Å². The van der Waals surface area contributed by atoms with Gasteiger partial charge in [0.25, 0.3) is 0 Å². The number of carbonyl (C=O) groups excluding carboxylic acids is 1. The molecule has 0 aliphatic rings. The number of phenolic OH excluding ortho intramolecular Hbond substituents is 1. The van der Waals surface area contributed by atoms with Crippen LogP contribution in [0.1, 0.15) is 18.5 Å². The molecule has 0 amide bonds. The van der Waals surface area contributed by atoms with Gasteiger partial charge in [-0.05, 0) is 35.0 Å². The summed E-state index contributed by atoms with van der Waals surface area (Å²) in [5, 5.41) is 9.59. The summed E-state index contributed by atoms with van der Waals surface area (Å²) in [6.45, 7) is 1.11. The van der Waals surface area contributed by atoms with Gasteiger partial charge in [0.2, 0.25) is 0 Å². The molecule has 0 aliphatic heterocycles. The maximum Gasteiger partial charge on any atom is 0.379 e. The minimum atomic E-state index is -4.08. The molecule has 0 heterocycles. The van der Waals surface area contributed by atoms with Gasteiger partial charge in [-0.25, -0.2) is 9.18 Å². The van der Waals surface area contributed by atoms with Crippen molar-refractivity contribution in [3.05, 3.63) is 28.0 Å². The quantitative estimate of drug-likeness (QED) is 0.790. The number of nitrogens with two attached hydrogens (primary N) is 1. The Kier molecular flexibility index (Phi) is 6.79. The van der Waals surface area contributed by atoms with Gasteiger partial charge in [0.05, 0.1) is 11.1 Å². The van der Waals surface area contributed by atoms with E-state index in [4.69, 9.17) is 5.73 Å². The van der Waals surface area contributed by atoms with Crippen LogP contribution in [0, 0.1) is 5.82 Å². The number of phenols is 1. The van der Waals surface area contributed by atoms with Gasteiger partial charge < -0.3 is 15.6 Å². The Morgan fingerprint density at radius 1 is 1.55 bits per heavy atom. The number of alkyl halides is 2. The normalized spacial score (nSPS) is 12.5. The number of benzene rings is 1. The van der Waals surface area contributed by atoms with Crippen molar-refractivity contribution in [1.82, 2.24) is 0 Å². The van der Waals surface area contributed by atoms with E-state index in [2.05, 4.69) is 20.7 Å². The highest BCUT2D eigenvalue weighted by atomic mass is 79.9. The third-order valence-electron chi connectivity index (χ3n) is 2.33. The largest absolute Gasteiger partial charge is 0.506 e. The molecule has 0 unspecified atom stereocenters. The SMILES string of the molecule is CCOC(=O)C(F)(F)[C@H](N)c1cc(F)cc(Br)c1O.Cl. The molecule has 1 rings (SSSR count). The van der Waals surface area contributed by atoms with Crippen LogP contribution in [0.15, 0.2) is 16.6 Å².